The number of piperidine rings is 1. The summed E-state index contributed by atoms with van der Waals surface area (Å²) in [5.41, 5.74) is 7.07. The SMILES string of the molecule is CCCCCCN1CC2CCC(C1)C2(O)c1cccc(N)c1. The van der Waals surface area contributed by atoms with Crippen LogP contribution in [-0.2, 0) is 5.60 Å². The van der Waals surface area contributed by atoms with Crippen molar-refractivity contribution in [2.45, 2.75) is 51.0 Å². The van der Waals surface area contributed by atoms with Crippen LogP contribution < -0.4 is 5.73 Å². The number of anilines is 1. The first-order chi connectivity index (χ1) is 10.6. The third kappa shape index (κ3) is 2.89. The zero-order valence-electron chi connectivity index (χ0n) is 13.8. The third-order valence-electron chi connectivity index (χ3n) is 5.74. The lowest BCUT2D eigenvalue weighted by atomic mass is 9.75. The minimum Gasteiger partial charge on any atom is -0.399 e. The first kappa shape index (κ1) is 15.8. The van der Waals surface area contributed by atoms with Crippen molar-refractivity contribution in [1.29, 1.82) is 0 Å². The molecule has 22 heavy (non-hydrogen) atoms. The van der Waals surface area contributed by atoms with E-state index in [-0.39, 0.29) is 0 Å². The topological polar surface area (TPSA) is 49.5 Å². The van der Waals surface area contributed by atoms with Crippen molar-refractivity contribution in [3.05, 3.63) is 29.8 Å². The Labute approximate surface area is 134 Å². The van der Waals surface area contributed by atoms with Gasteiger partial charge in [0.1, 0.15) is 0 Å². The summed E-state index contributed by atoms with van der Waals surface area (Å²) in [7, 11) is 0. The molecule has 1 aromatic rings. The monoisotopic (exact) mass is 302 g/mol. The minimum atomic E-state index is -0.657. The lowest BCUT2D eigenvalue weighted by Crippen LogP contribution is -2.52. The predicted octanol–water partition coefficient (Wildman–Crippen LogP) is 3.38. The van der Waals surface area contributed by atoms with Crippen LogP contribution in [0.15, 0.2) is 24.3 Å². The van der Waals surface area contributed by atoms with Gasteiger partial charge in [0.15, 0.2) is 0 Å². The number of aliphatic hydroxyl groups is 1. The van der Waals surface area contributed by atoms with Gasteiger partial charge in [-0.1, -0.05) is 38.3 Å². The highest BCUT2D eigenvalue weighted by molar-refractivity contribution is 5.43. The second-order valence-corrected chi connectivity index (χ2v) is 7.24. The highest BCUT2D eigenvalue weighted by Gasteiger charge is 2.53. The second kappa shape index (κ2) is 6.59. The average Bonchev–Trinajstić information content (AvgIpc) is 2.71. The third-order valence-corrected chi connectivity index (χ3v) is 5.74. The number of likely N-dealkylation sites (tertiary alicyclic amines) is 1. The van der Waals surface area contributed by atoms with Crippen LogP contribution in [0, 0.1) is 11.8 Å². The van der Waals surface area contributed by atoms with Crippen molar-refractivity contribution in [3.8, 4) is 0 Å². The number of fused-ring (bicyclic) bond motifs is 2. The fourth-order valence-corrected chi connectivity index (χ4v) is 4.54. The van der Waals surface area contributed by atoms with Gasteiger partial charge < -0.3 is 15.7 Å². The molecule has 1 aromatic carbocycles. The zero-order valence-corrected chi connectivity index (χ0v) is 13.8. The van der Waals surface area contributed by atoms with Gasteiger partial charge in [0, 0.05) is 30.6 Å². The van der Waals surface area contributed by atoms with E-state index in [1.807, 2.05) is 18.2 Å². The molecular weight excluding hydrogens is 272 g/mol. The molecule has 2 aliphatic rings. The van der Waals surface area contributed by atoms with Gasteiger partial charge in [-0.3, -0.25) is 0 Å². The van der Waals surface area contributed by atoms with E-state index in [2.05, 4.69) is 17.9 Å². The summed E-state index contributed by atoms with van der Waals surface area (Å²) in [6.45, 7) is 5.52. The number of nitrogens with two attached hydrogens (primary N) is 1. The van der Waals surface area contributed by atoms with Gasteiger partial charge in [-0.15, -0.1) is 0 Å². The number of benzene rings is 1. The molecule has 3 heteroatoms. The molecule has 1 heterocycles. The number of nitrogen functional groups attached to an aromatic ring is 1. The second-order valence-electron chi connectivity index (χ2n) is 7.24. The summed E-state index contributed by atoms with van der Waals surface area (Å²) in [5.74, 6) is 0.721. The van der Waals surface area contributed by atoms with Crippen LogP contribution in [-0.4, -0.2) is 29.6 Å². The molecule has 0 aromatic heterocycles. The van der Waals surface area contributed by atoms with Crippen molar-refractivity contribution in [1.82, 2.24) is 4.90 Å². The van der Waals surface area contributed by atoms with E-state index in [4.69, 9.17) is 5.73 Å². The minimum absolute atomic E-state index is 0.360. The van der Waals surface area contributed by atoms with Crippen LogP contribution in [0.1, 0.15) is 51.0 Å². The molecule has 2 fully saturated rings. The van der Waals surface area contributed by atoms with Crippen molar-refractivity contribution < 1.29 is 5.11 Å². The number of nitrogens with zero attached hydrogens (tertiary/aromatic N) is 1. The van der Waals surface area contributed by atoms with E-state index in [1.165, 1.54) is 32.2 Å². The first-order valence-electron chi connectivity index (χ1n) is 8.95. The molecule has 1 aliphatic carbocycles. The highest BCUT2D eigenvalue weighted by atomic mass is 16.3. The summed E-state index contributed by atoms with van der Waals surface area (Å²) >= 11 is 0. The van der Waals surface area contributed by atoms with Gasteiger partial charge in [-0.05, 0) is 43.5 Å². The van der Waals surface area contributed by atoms with Crippen molar-refractivity contribution in [2.24, 2.45) is 11.8 Å². The Morgan fingerprint density at radius 1 is 1.18 bits per heavy atom. The highest BCUT2D eigenvalue weighted by Crippen LogP contribution is 2.51. The predicted molar refractivity (Wildman–Crippen MR) is 91.5 cm³/mol. The van der Waals surface area contributed by atoms with E-state index >= 15 is 0 Å². The quantitative estimate of drug-likeness (QED) is 0.625. The van der Waals surface area contributed by atoms with Crippen molar-refractivity contribution in [2.75, 3.05) is 25.4 Å². The van der Waals surface area contributed by atoms with E-state index in [1.54, 1.807) is 0 Å². The molecule has 3 rings (SSSR count). The largest absolute Gasteiger partial charge is 0.399 e. The maximum Gasteiger partial charge on any atom is 0.0977 e. The molecule has 2 atom stereocenters. The molecule has 0 spiro atoms. The van der Waals surface area contributed by atoms with Crippen LogP contribution in [0.5, 0.6) is 0 Å². The summed E-state index contributed by atoms with van der Waals surface area (Å²) < 4.78 is 0. The first-order valence-corrected chi connectivity index (χ1v) is 8.95. The van der Waals surface area contributed by atoms with Crippen LogP contribution >= 0.6 is 0 Å². The van der Waals surface area contributed by atoms with Crippen molar-refractivity contribution in [3.63, 3.8) is 0 Å². The summed E-state index contributed by atoms with van der Waals surface area (Å²) in [6, 6.07) is 7.90. The molecule has 1 saturated carbocycles. The van der Waals surface area contributed by atoms with Crippen LogP contribution in [0.3, 0.4) is 0 Å². The molecular formula is C19H30N2O. The van der Waals surface area contributed by atoms with Gasteiger partial charge >= 0.3 is 0 Å². The number of rotatable bonds is 6. The van der Waals surface area contributed by atoms with E-state index in [9.17, 15) is 5.11 Å². The summed E-state index contributed by atoms with van der Waals surface area (Å²) in [5, 5.41) is 11.4. The van der Waals surface area contributed by atoms with Crippen molar-refractivity contribution >= 4 is 5.69 Å². The number of unbranched alkanes of at least 4 members (excludes halogenated alkanes) is 3. The van der Waals surface area contributed by atoms with Gasteiger partial charge in [-0.25, -0.2) is 0 Å². The van der Waals surface area contributed by atoms with E-state index in [0.717, 1.165) is 37.2 Å². The standard InChI is InChI=1S/C19H30N2O/c1-2-3-4-5-11-21-13-16-9-10-17(14-21)19(16,22)15-7-6-8-18(20)12-15/h6-8,12,16-17,22H,2-5,9-11,13-14,20H2,1H3. The van der Waals surface area contributed by atoms with Gasteiger partial charge in [0.05, 0.1) is 5.60 Å². The van der Waals surface area contributed by atoms with Gasteiger partial charge in [0.2, 0.25) is 0 Å². The Morgan fingerprint density at radius 3 is 2.55 bits per heavy atom. The van der Waals surface area contributed by atoms with Gasteiger partial charge in [-0.2, -0.15) is 0 Å². The molecule has 2 bridgehead atoms. The van der Waals surface area contributed by atoms with E-state index in [0.29, 0.717) is 11.8 Å². The van der Waals surface area contributed by atoms with E-state index < -0.39 is 5.60 Å². The molecule has 1 saturated heterocycles. The molecule has 0 amide bonds. The Morgan fingerprint density at radius 2 is 1.91 bits per heavy atom. The number of hydrogen-bond donors (Lipinski definition) is 2. The zero-order chi connectivity index (χ0) is 15.6. The molecule has 2 unspecified atom stereocenters. The fraction of sp³-hybridized carbons (Fsp3) is 0.684. The Hall–Kier alpha value is -1.06. The van der Waals surface area contributed by atoms with Crippen LogP contribution in [0.25, 0.3) is 0 Å². The maximum absolute atomic E-state index is 11.4. The lowest BCUT2D eigenvalue weighted by molar-refractivity contribution is -0.0898. The van der Waals surface area contributed by atoms with Crippen LogP contribution in [0.2, 0.25) is 0 Å². The van der Waals surface area contributed by atoms with Crippen LogP contribution in [0.4, 0.5) is 5.69 Å². The Kier molecular flexibility index (Phi) is 4.74. The maximum atomic E-state index is 11.4. The smallest absolute Gasteiger partial charge is 0.0977 e. The summed E-state index contributed by atoms with van der Waals surface area (Å²) in [6.07, 6.45) is 7.54. The Bertz CT molecular complexity index is 488. The molecule has 122 valence electrons. The molecule has 3 nitrogen and oxygen atoms in total. The molecule has 3 N–H and O–H groups in total. The van der Waals surface area contributed by atoms with Gasteiger partial charge in [0.25, 0.3) is 0 Å². The number of hydrogen-bond acceptors (Lipinski definition) is 3. The lowest BCUT2D eigenvalue weighted by Gasteiger charge is -2.45. The fourth-order valence-electron chi connectivity index (χ4n) is 4.54. The Balaban J connectivity index is 1.67. The average molecular weight is 302 g/mol. The summed E-state index contributed by atoms with van der Waals surface area (Å²) in [4.78, 5) is 2.58. The molecule has 1 aliphatic heterocycles. The normalized spacial score (nSPS) is 31.5. The molecule has 0 radical (unpaired) electrons.